The molecule has 2 aromatic heterocycles. The average Bonchev–Trinajstić information content (AvgIpc) is 3.47. The number of pyridine rings is 1. The number of halogens is 2. The average molecular weight is 550 g/mol. The summed E-state index contributed by atoms with van der Waals surface area (Å²) in [6.07, 6.45) is -0.0452. The minimum Gasteiger partial charge on any atom is -0.360 e. The van der Waals surface area contributed by atoms with Crippen molar-refractivity contribution in [2.75, 3.05) is 6.54 Å². The van der Waals surface area contributed by atoms with Crippen LogP contribution >= 0.6 is 0 Å². The van der Waals surface area contributed by atoms with E-state index >= 15 is 0 Å². The SMILES string of the molecule is CC(=O)N1C[C@H](F)C[C@H]1C(=O)NC(c1cccc(-c2ncn[nH]2)c1)c1ccc([CH-]N)c(F)n1.[Mo]. The molecule has 0 bridgehead atoms. The molecule has 2 amide bonds. The van der Waals surface area contributed by atoms with Gasteiger partial charge in [-0.05, 0) is 11.6 Å². The molecule has 3 atom stereocenters. The zero-order valence-corrected chi connectivity index (χ0v) is 20.1. The van der Waals surface area contributed by atoms with E-state index in [0.29, 0.717) is 17.0 Å². The fourth-order valence-corrected chi connectivity index (χ4v) is 3.90. The fourth-order valence-electron chi connectivity index (χ4n) is 3.90. The molecule has 9 nitrogen and oxygen atoms in total. The molecular weight excluding hydrogens is 528 g/mol. The van der Waals surface area contributed by atoms with E-state index in [9.17, 15) is 18.4 Å². The van der Waals surface area contributed by atoms with Crippen molar-refractivity contribution in [3.8, 4) is 11.4 Å². The van der Waals surface area contributed by atoms with Crippen molar-refractivity contribution in [2.45, 2.75) is 31.6 Å². The summed E-state index contributed by atoms with van der Waals surface area (Å²) >= 11 is 0. The fraction of sp³-hybridized carbons (Fsp3) is 0.273. The number of carbonyl (C=O) groups is 2. The number of benzene rings is 1. The second kappa shape index (κ2) is 10.8. The molecule has 1 aromatic carbocycles. The molecule has 0 saturated carbocycles. The summed E-state index contributed by atoms with van der Waals surface area (Å²) in [6.45, 7) is 2.23. The predicted octanol–water partition coefficient (Wildman–Crippen LogP) is 1.64. The van der Waals surface area contributed by atoms with Crippen LogP contribution in [0.25, 0.3) is 11.4 Å². The normalized spacial score (nSPS) is 18.2. The van der Waals surface area contributed by atoms with Crippen molar-refractivity contribution >= 4 is 11.8 Å². The molecule has 34 heavy (non-hydrogen) atoms. The van der Waals surface area contributed by atoms with Crippen LogP contribution in [0.4, 0.5) is 8.78 Å². The van der Waals surface area contributed by atoms with E-state index in [1.54, 1.807) is 30.3 Å². The summed E-state index contributed by atoms with van der Waals surface area (Å²) < 4.78 is 28.4. The number of amides is 2. The first kappa shape index (κ1) is 25.5. The number of alkyl halides is 1. The Labute approximate surface area is 208 Å². The van der Waals surface area contributed by atoms with Crippen LogP contribution in [0.1, 0.15) is 36.2 Å². The van der Waals surface area contributed by atoms with Crippen LogP contribution in [-0.2, 0) is 30.7 Å². The van der Waals surface area contributed by atoms with Crippen molar-refractivity contribution in [1.29, 1.82) is 0 Å². The number of hydrogen-bond donors (Lipinski definition) is 3. The van der Waals surface area contributed by atoms with Gasteiger partial charge < -0.3 is 16.0 Å². The van der Waals surface area contributed by atoms with E-state index in [-0.39, 0.29) is 45.3 Å². The van der Waals surface area contributed by atoms with Crippen LogP contribution in [-0.4, -0.2) is 55.6 Å². The summed E-state index contributed by atoms with van der Waals surface area (Å²) in [6, 6.07) is 8.18. The Bertz CT molecular complexity index is 1160. The number of nitrogens with zero attached hydrogens (tertiary/aromatic N) is 4. The summed E-state index contributed by atoms with van der Waals surface area (Å²) in [7, 11) is 0. The molecule has 1 fully saturated rings. The Morgan fingerprint density at radius 1 is 1.32 bits per heavy atom. The van der Waals surface area contributed by atoms with Crippen LogP contribution < -0.4 is 11.1 Å². The third-order valence-corrected chi connectivity index (χ3v) is 5.53. The largest absolute Gasteiger partial charge is 0.360 e. The first-order valence-corrected chi connectivity index (χ1v) is 10.3. The molecule has 3 heterocycles. The van der Waals surface area contributed by atoms with Crippen LogP contribution in [0.15, 0.2) is 42.7 Å². The molecule has 12 heteroatoms. The monoisotopic (exact) mass is 552 g/mol. The summed E-state index contributed by atoms with van der Waals surface area (Å²) in [5.41, 5.74) is 7.01. The van der Waals surface area contributed by atoms with Gasteiger partial charge in [0.2, 0.25) is 11.8 Å². The van der Waals surface area contributed by atoms with Gasteiger partial charge in [-0.2, -0.15) is 11.2 Å². The third-order valence-electron chi connectivity index (χ3n) is 5.53. The van der Waals surface area contributed by atoms with Crippen LogP contribution in [0, 0.1) is 12.5 Å². The first-order chi connectivity index (χ1) is 15.9. The number of hydrogen-bond acceptors (Lipinski definition) is 6. The smallest absolute Gasteiger partial charge is 0.243 e. The predicted molar refractivity (Wildman–Crippen MR) is 114 cm³/mol. The van der Waals surface area contributed by atoms with Gasteiger partial charge in [0, 0.05) is 45.7 Å². The van der Waals surface area contributed by atoms with E-state index in [1.807, 2.05) is 0 Å². The molecular formula is C22H22F2MoN7O2-. The number of aromatic amines is 1. The van der Waals surface area contributed by atoms with Gasteiger partial charge in [0.1, 0.15) is 24.5 Å². The number of H-pyrrole nitrogens is 1. The summed E-state index contributed by atoms with van der Waals surface area (Å²) in [5, 5.41) is 9.42. The second-order valence-electron chi connectivity index (χ2n) is 7.70. The zero-order chi connectivity index (χ0) is 23.5. The van der Waals surface area contributed by atoms with Gasteiger partial charge in [-0.15, -0.1) is 12.1 Å². The van der Waals surface area contributed by atoms with Gasteiger partial charge in [0.15, 0.2) is 5.82 Å². The Morgan fingerprint density at radius 3 is 2.76 bits per heavy atom. The molecule has 1 aliphatic rings. The quantitative estimate of drug-likeness (QED) is 0.243. The van der Waals surface area contributed by atoms with Crippen LogP contribution in [0.2, 0.25) is 0 Å². The minimum atomic E-state index is -1.30. The molecule has 1 aliphatic heterocycles. The maximum absolute atomic E-state index is 14.4. The van der Waals surface area contributed by atoms with Gasteiger partial charge in [-0.25, -0.2) is 9.37 Å². The van der Waals surface area contributed by atoms with Crippen molar-refractivity contribution < 1.29 is 39.4 Å². The number of rotatable bonds is 6. The maximum Gasteiger partial charge on any atom is 0.243 e. The molecule has 4 rings (SSSR count). The van der Waals surface area contributed by atoms with Crippen molar-refractivity contribution in [1.82, 2.24) is 30.4 Å². The number of nitrogens with two attached hydrogens (primary N) is 1. The Balaban J connectivity index is 0.00000324. The second-order valence-corrected chi connectivity index (χ2v) is 7.70. The van der Waals surface area contributed by atoms with E-state index in [1.165, 1.54) is 24.2 Å². The van der Waals surface area contributed by atoms with Crippen molar-refractivity contribution in [2.24, 2.45) is 5.73 Å². The molecule has 0 spiro atoms. The molecule has 0 radical (unpaired) electrons. The van der Waals surface area contributed by atoms with Gasteiger partial charge >= 0.3 is 0 Å². The first-order valence-electron chi connectivity index (χ1n) is 10.3. The number of nitrogens with one attached hydrogen (secondary N) is 2. The maximum atomic E-state index is 14.4. The molecule has 3 aromatic rings. The molecule has 1 unspecified atom stereocenters. The third kappa shape index (κ3) is 5.31. The molecule has 178 valence electrons. The van der Waals surface area contributed by atoms with E-state index in [0.717, 1.165) is 6.54 Å². The zero-order valence-electron chi connectivity index (χ0n) is 18.1. The molecule has 1 saturated heterocycles. The van der Waals surface area contributed by atoms with Crippen LogP contribution in [0.3, 0.4) is 0 Å². The van der Waals surface area contributed by atoms with E-state index in [4.69, 9.17) is 5.73 Å². The number of likely N-dealkylation sites (tertiary alicyclic amines) is 1. The number of carbonyl (C=O) groups excluding carboxylic acids is 2. The van der Waals surface area contributed by atoms with Crippen molar-refractivity contribution in [3.05, 3.63) is 72.0 Å². The topological polar surface area (TPSA) is 130 Å². The number of aromatic nitrogens is 4. The molecule has 0 aliphatic carbocycles. The van der Waals surface area contributed by atoms with E-state index < -0.39 is 36.0 Å². The van der Waals surface area contributed by atoms with Crippen molar-refractivity contribution in [3.63, 3.8) is 0 Å². The van der Waals surface area contributed by atoms with Gasteiger partial charge in [0.05, 0.1) is 12.6 Å². The van der Waals surface area contributed by atoms with E-state index in [2.05, 4.69) is 25.5 Å². The summed E-state index contributed by atoms with van der Waals surface area (Å²) in [4.78, 5) is 34.3. The Hall–Kier alpha value is -3.17. The summed E-state index contributed by atoms with van der Waals surface area (Å²) in [5.74, 6) is -1.24. The minimum absolute atomic E-state index is 0. The van der Waals surface area contributed by atoms with Crippen LogP contribution in [0.5, 0.6) is 0 Å². The standard InChI is InChI=1S/C22H22F2N7O2.Mo/c1-12(32)31-10-16(23)8-18(31)22(33)29-19(17-6-5-15(9-25)20(24)28-17)13-3-2-4-14(7-13)21-26-11-27-30-21;/h2-7,9,11,16,18-19H,8,10,25H2,1H3,(H,29,33)(H,26,27,30);/q-1;/t16-,18+,19?;/m1./s1. The van der Waals surface area contributed by atoms with Gasteiger partial charge in [-0.1, -0.05) is 24.3 Å². The van der Waals surface area contributed by atoms with Gasteiger partial charge in [-0.3, -0.25) is 24.1 Å². The Morgan fingerprint density at radius 2 is 2.12 bits per heavy atom. The van der Waals surface area contributed by atoms with Gasteiger partial charge in [0.25, 0.3) is 0 Å². The Kier molecular flexibility index (Phi) is 8.11. The molecule has 4 N–H and O–H groups in total.